The lowest BCUT2D eigenvalue weighted by Crippen LogP contribution is -2.35. The molecule has 0 saturated carbocycles. The van der Waals surface area contributed by atoms with Crippen molar-refractivity contribution < 1.29 is 18.3 Å². The van der Waals surface area contributed by atoms with E-state index < -0.39 is 16.0 Å². The lowest BCUT2D eigenvalue weighted by atomic mass is 10.0. The molecule has 2 aromatic rings. The van der Waals surface area contributed by atoms with Gasteiger partial charge >= 0.3 is 5.97 Å². The van der Waals surface area contributed by atoms with E-state index in [9.17, 15) is 13.2 Å². The summed E-state index contributed by atoms with van der Waals surface area (Å²) in [6.45, 7) is 1.97. The molecule has 0 atom stereocenters. The molecule has 5 nitrogen and oxygen atoms in total. The smallest absolute Gasteiger partial charge is 0.346 e. The summed E-state index contributed by atoms with van der Waals surface area (Å²) < 4.78 is 27.3. The molecule has 0 bridgehead atoms. The normalized spacial score (nSPS) is 14.6. The van der Waals surface area contributed by atoms with Crippen LogP contribution in [0.5, 0.6) is 0 Å². The molecule has 0 radical (unpaired) electrons. The fourth-order valence-corrected chi connectivity index (χ4v) is 5.91. The van der Waals surface area contributed by atoms with Crippen LogP contribution in [0.3, 0.4) is 0 Å². The van der Waals surface area contributed by atoms with Crippen molar-refractivity contribution in [3.05, 3.63) is 45.3 Å². The van der Waals surface area contributed by atoms with Crippen LogP contribution in [0.15, 0.2) is 28.5 Å². The number of halogens is 1. The van der Waals surface area contributed by atoms with Gasteiger partial charge in [0.05, 0.1) is 5.69 Å². The zero-order chi connectivity index (χ0) is 16.8. The Kier molecular flexibility index (Phi) is 4.12. The van der Waals surface area contributed by atoms with Crippen LogP contribution in [-0.4, -0.2) is 26.0 Å². The summed E-state index contributed by atoms with van der Waals surface area (Å²) in [6, 6.07) is 6.57. The van der Waals surface area contributed by atoms with Gasteiger partial charge in [-0.05, 0) is 55.2 Å². The van der Waals surface area contributed by atoms with Crippen molar-refractivity contribution in [2.75, 3.05) is 10.8 Å². The number of hydrogen-bond donors (Lipinski definition) is 1. The van der Waals surface area contributed by atoms with Crippen LogP contribution in [0.2, 0.25) is 5.02 Å². The van der Waals surface area contributed by atoms with Crippen molar-refractivity contribution in [1.82, 2.24) is 0 Å². The molecule has 0 fully saturated rings. The fourth-order valence-electron chi connectivity index (χ4n) is 2.68. The van der Waals surface area contributed by atoms with Gasteiger partial charge in [0.25, 0.3) is 10.0 Å². The average molecular weight is 372 g/mol. The topological polar surface area (TPSA) is 74.7 Å². The number of anilines is 1. The molecule has 3 rings (SSSR count). The van der Waals surface area contributed by atoms with Crippen molar-refractivity contribution in [2.45, 2.75) is 24.0 Å². The highest BCUT2D eigenvalue weighted by Gasteiger charge is 2.31. The quantitative estimate of drug-likeness (QED) is 0.895. The van der Waals surface area contributed by atoms with Gasteiger partial charge in [-0.25, -0.2) is 13.2 Å². The van der Waals surface area contributed by atoms with Crippen molar-refractivity contribution in [3.63, 3.8) is 0 Å². The molecule has 1 aromatic carbocycles. The maximum Gasteiger partial charge on any atom is 0.346 e. The molecule has 23 heavy (non-hydrogen) atoms. The second kappa shape index (κ2) is 5.81. The number of rotatable bonds is 3. The van der Waals surface area contributed by atoms with Crippen LogP contribution < -0.4 is 4.31 Å². The number of aromatic carboxylic acids is 1. The SMILES string of the molecule is Cc1cc(S(=O)(=O)N2CCCc3cc(Cl)ccc32)sc1C(=O)O. The molecule has 1 aromatic heterocycles. The van der Waals surface area contributed by atoms with Crippen LogP contribution in [0, 0.1) is 6.92 Å². The highest BCUT2D eigenvalue weighted by atomic mass is 35.5. The molecule has 1 aliphatic rings. The van der Waals surface area contributed by atoms with E-state index in [1.165, 1.54) is 10.4 Å². The number of fused-ring (bicyclic) bond motifs is 1. The lowest BCUT2D eigenvalue weighted by molar-refractivity contribution is 0.0701. The number of carboxylic acid groups (broad SMARTS) is 1. The number of carbonyl (C=O) groups is 1. The molecule has 1 aliphatic heterocycles. The Morgan fingerprint density at radius 2 is 2.09 bits per heavy atom. The Morgan fingerprint density at radius 3 is 2.74 bits per heavy atom. The number of aryl methyl sites for hydroxylation is 2. The number of hydrogen-bond acceptors (Lipinski definition) is 4. The van der Waals surface area contributed by atoms with E-state index in [4.69, 9.17) is 16.7 Å². The third-order valence-electron chi connectivity index (χ3n) is 3.75. The molecule has 0 unspecified atom stereocenters. The van der Waals surface area contributed by atoms with E-state index in [-0.39, 0.29) is 9.09 Å². The molecule has 8 heteroatoms. The Bertz CT molecular complexity index is 889. The maximum absolute atomic E-state index is 12.9. The van der Waals surface area contributed by atoms with E-state index in [1.807, 2.05) is 0 Å². The van der Waals surface area contributed by atoms with Crippen molar-refractivity contribution >= 4 is 44.6 Å². The standard InChI is InChI=1S/C15H14ClNO4S2/c1-9-7-13(22-14(9)15(18)19)23(20,21)17-6-2-3-10-8-11(16)4-5-12(10)17/h4-5,7-8H,2-3,6H2,1H3,(H,18,19). The summed E-state index contributed by atoms with van der Waals surface area (Å²) in [5, 5.41) is 9.70. The molecule has 122 valence electrons. The Labute approximate surface area is 143 Å². The summed E-state index contributed by atoms with van der Waals surface area (Å²) in [5.41, 5.74) is 1.96. The van der Waals surface area contributed by atoms with Crippen LogP contribution >= 0.6 is 22.9 Å². The highest BCUT2D eigenvalue weighted by Crippen LogP contribution is 2.36. The number of nitrogens with zero attached hydrogens (tertiary/aromatic N) is 1. The van der Waals surface area contributed by atoms with Gasteiger partial charge in [-0.2, -0.15) is 0 Å². The third kappa shape index (κ3) is 2.84. The van der Waals surface area contributed by atoms with Crippen LogP contribution in [0.25, 0.3) is 0 Å². The van der Waals surface area contributed by atoms with Crippen molar-refractivity contribution in [3.8, 4) is 0 Å². The third-order valence-corrected chi connectivity index (χ3v) is 7.47. The zero-order valence-electron chi connectivity index (χ0n) is 12.2. The summed E-state index contributed by atoms with van der Waals surface area (Å²) >= 11 is 6.77. The minimum absolute atomic E-state index is 0.0511. The first-order chi connectivity index (χ1) is 10.8. The predicted octanol–water partition coefficient (Wildman–Crippen LogP) is 3.55. The minimum Gasteiger partial charge on any atom is -0.477 e. The second-order valence-corrected chi connectivity index (χ2v) is 8.91. The van der Waals surface area contributed by atoms with Gasteiger partial charge in [0.15, 0.2) is 0 Å². The summed E-state index contributed by atoms with van der Waals surface area (Å²) in [4.78, 5) is 11.2. The van der Waals surface area contributed by atoms with Crippen molar-refractivity contribution in [1.29, 1.82) is 0 Å². The molecule has 0 aliphatic carbocycles. The lowest BCUT2D eigenvalue weighted by Gasteiger charge is -2.30. The van der Waals surface area contributed by atoms with Gasteiger partial charge in [-0.1, -0.05) is 11.6 Å². The Balaban J connectivity index is 2.08. The van der Waals surface area contributed by atoms with Gasteiger partial charge in [-0.15, -0.1) is 11.3 Å². The van der Waals surface area contributed by atoms with Crippen LogP contribution in [0.4, 0.5) is 5.69 Å². The minimum atomic E-state index is -3.78. The highest BCUT2D eigenvalue weighted by molar-refractivity contribution is 7.94. The van der Waals surface area contributed by atoms with E-state index in [2.05, 4.69) is 0 Å². The molecule has 1 N–H and O–H groups in total. The predicted molar refractivity (Wildman–Crippen MR) is 90.3 cm³/mol. The Morgan fingerprint density at radius 1 is 1.35 bits per heavy atom. The molecule has 0 spiro atoms. The number of benzene rings is 1. The summed E-state index contributed by atoms with van der Waals surface area (Å²) in [5.74, 6) is -1.11. The molecular weight excluding hydrogens is 358 g/mol. The molecule has 0 saturated heterocycles. The molecule has 2 heterocycles. The van der Waals surface area contributed by atoms with E-state index >= 15 is 0 Å². The van der Waals surface area contributed by atoms with E-state index in [1.54, 1.807) is 25.1 Å². The second-order valence-electron chi connectivity index (χ2n) is 5.34. The van der Waals surface area contributed by atoms with E-state index in [0.29, 0.717) is 29.2 Å². The first-order valence-corrected chi connectivity index (χ1v) is 9.59. The fraction of sp³-hybridized carbons (Fsp3) is 0.267. The van der Waals surface area contributed by atoms with Gasteiger partial charge in [0.2, 0.25) is 0 Å². The number of sulfonamides is 1. The van der Waals surface area contributed by atoms with Gasteiger partial charge in [0, 0.05) is 11.6 Å². The van der Waals surface area contributed by atoms with E-state index in [0.717, 1.165) is 23.3 Å². The number of carboxylic acids is 1. The molecular formula is C15H14ClNO4S2. The first kappa shape index (κ1) is 16.3. The summed E-state index contributed by atoms with van der Waals surface area (Å²) in [6.07, 6.45) is 1.47. The summed E-state index contributed by atoms with van der Waals surface area (Å²) in [7, 11) is -3.78. The maximum atomic E-state index is 12.9. The van der Waals surface area contributed by atoms with Crippen molar-refractivity contribution in [2.24, 2.45) is 0 Å². The van der Waals surface area contributed by atoms with Crippen LogP contribution in [0.1, 0.15) is 27.2 Å². The van der Waals surface area contributed by atoms with Crippen LogP contribution in [-0.2, 0) is 16.4 Å². The average Bonchev–Trinajstić information content (AvgIpc) is 2.89. The Hall–Kier alpha value is -1.57. The van der Waals surface area contributed by atoms with Gasteiger partial charge in [-0.3, -0.25) is 4.31 Å². The monoisotopic (exact) mass is 371 g/mol. The molecule has 0 amide bonds. The largest absolute Gasteiger partial charge is 0.477 e. The zero-order valence-corrected chi connectivity index (χ0v) is 14.6. The number of thiophene rings is 1. The van der Waals surface area contributed by atoms with Gasteiger partial charge in [0.1, 0.15) is 9.09 Å². The van der Waals surface area contributed by atoms with Gasteiger partial charge < -0.3 is 5.11 Å². The first-order valence-electron chi connectivity index (χ1n) is 6.95.